The third-order valence-corrected chi connectivity index (χ3v) is 4.96. The topological polar surface area (TPSA) is 65.9 Å². The Morgan fingerprint density at radius 3 is 2.70 bits per heavy atom. The van der Waals surface area contributed by atoms with Gasteiger partial charge in [0.15, 0.2) is 17.5 Å². The fraction of sp³-hybridized carbons (Fsp3) is 0.381. The number of aliphatic imine (C=N–C) groups is 1. The molecule has 27 heavy (non-hydrogen) atoms. The number of thioether (sulfide) groups is 1. The monoisotopic (exact) mass is 387 g/mol. The highest BCUT2D eigenvalue weighted by molar-refractivity contribution is 7.98. The summed E-state index contributed by atoms with van der Waals surface area (Å²) < 4.78 is 5.16. The quantitative estimate of drug-likeness (QED) is 0.366. The minimum atomic E-state index is 0.159. The Morgan fingerprint density at radius 2 is 2.00 bits per heavy atom. The first-order valence-corrected chi connectivity index (χ1v) is 10.3. The van der Waals surface area contributed by atoms with Crippen LogP contribution < -0.4 is 15.4 Å². The Balaban J connectivity index is 1.97. The molecule has 0 amide bonds. The first kappa shape index (κ1) is 21.0. The van der Waals surface area contributed by atoms with Gasteiger partial charge < -0.3 is 20.5 Å². The van der Waals surface area contributed by atoms with Crippen LogP contribution in [0.5, 0.6) is 11.5 Å². The lowest BCUT2D eigenvalue weighted by molar-refractivity contribution is 0.373. The zero-order valence-electron chi connectivity index (χ0n) is 16.5. The first-order chi connectivity index (χ1) is 13.1. The van der Waals surface area contributed by atoms with Gasteiger partial charge in [0, 0.05) is 18.0 Å². The van der Waals surface area contributed by atoms with Gasteiger partial charge in [0.2, 0.25) is 0 Å². The fourth-order valence-electron chi connectivity index (χ4n) is 2.69. The van der Waals surface area contributed by atoms with Crippen LogP contribution in [0, 0.1) is 6.92 Å². The Labute approximate surface area is 166 Å². The van der Waals surface area contributed by atoms with Crippen molar-refractivity contribution >= 4 is 17.7 Å². The maximum Gasteiger partial charge on any atom is 0.191 e. The van der Waals surface area contributed by atoms with Gasteiger partial charge in [-0.3, -0.25) is 0 Å². The number of hydrogen-bond acceptors (Lipinski definition) is 4. The number of phenolic OH excluding ortho intramolecular Hbond substituents is 1. The van der Waals surface area contributed by atoms with Crippen LogP contribution in [0.3, 0.4) is 0 Å². The van der Waals surface area contributed by atoms with E-state index in [1.165, 1.54) is 16.0 Å². The Morgan fingerprint density at radius 1 is 1.19 bits per heavy atom. The SMILES string of the molecule is CCNC(=NCc1ccc(C)cc1SC)NCCc1ccc(O)c(OC)c1. The highest BCUT2D eigenvalue weighted by atomic mass is 32.2. The Kier molecular flexibility index (Phi) is 8.33. The molecule has 2 aromatic carbocycles. The number of methoxy groups -OCH3 is 1. The van der Waals surface area contributed by atoms with E-state index < -0.39 is 0 Å². The molecule has 0 bridgehead atoms. The molecule has 0 fully saturated rings. The molecule has 5 nitrogen and oxygen atoms in total. The van der Waals surface area contributed by atoms with Crippen LogP contribution in [0.1, 0.15) is 23.6 Å². The molecule has 0 heterocycles. The van der Waals surface area contributed by atoms with E-state index in [0.717, 1.165) is 31.0 Å². The molecule has 0 aliphatic heterocycles. The van der Waals surface area contributed by atoms with Gasteiger partial charge in [-0.2, -0.15) is 0 Å². The molecule has 0 aliphatic carbocycles. The van der Waals surface area contributed by atoms with Gasteiger partial charge in [-0.05, 0) is 61.4 Å². The Bertz CT molecular complexity index is 778. The van der Waals surface area contributed by atoms with E-state index >= 15 is 0 Å². The van der Waals surface area contributed by atoms with Crippen molar-refractivity contribution in [2.45, 2.75) is 31.7 Å². The van der Waals surface area contributed by atoms with Crippen LogP contribution >= 0.6 is 11.8 Å². The molecule has 0 radical (unpaired) electrons. The summed E-state index contributed by atoms with van der Waals surface area (Å²) in [5.41, 5.74) is 3.59. The van der Waals surface area contributed by atoms with Gasteiger partial charge in [0.1, 0.15) is 0 Å². The number of nitrogens with zero attached hydrogens (tertiary/aromatic N) is 1. The van der Waals surface area contributed by atoms with Crippen molar-refractivity contribution in [1.29, 1.82) is 0 Å². The summed E-state index contributed by atoms with van der Waals surface area (Å²) in [5.74, 6) is 1.46. The number of phenols is 1. The van der Waals surface area contributed by atoms with Gasteiger partial charge in [0.25, 0.3) is 0 Å². The van der Waals surface area contributed by atoms with Gasteiger partial charge in [-0.15, -0.1) is 11.8 Å². The predicted molar refractivity (Wildman–Crippen MR) is 114 cm³/mol. The van der Waals surface area contributed by atoms with Crippen LogP contribution in [0.25, 0.3) is 0 Å². The third-order valence-electron chi connectivity index (χ3n) is 4.14. The van der Waals surface area contributed by atoms with Crippen LogP contribution in [0.4, 0.5) is 0 Å². The lowest BCUT2D eigenvalue weighted by atomic mass is 10.1. The summed E-state index contributed by atoms with van der Waals surface area (Å²) in [6.07, 6.45) is 2.90. The predicted octanol–water partition coefficient (Wildman–Crippen LogP) is 3.73. The zero-order valence-corrected chi connectivity index (χ0v) is 17.3. The van der Waals surface area contributed by atoms with Crippen LogP contribution in [0.15, 0.2) is 46.3 Å². The highest BCUT2D eigenvalue weighted by Gasteiger charge is 2.05. The van der Waals surface area contributed by atoms with Gasteiger partial charge in [0.05, 0.1) is 13.7 Å². The highest BCUT2D eigenvalue weighted by Crippen LogP contribution is 2.26. The van der Waals surface area contributed by atoms with E-state index in [2.05, 4.69) is 48.9 Å². The summed E-state index contributed by atoms with van der Waals surface area (Å²) in [4.78, 5) is 5.99. The molecule has 0 unspecified atom stereocenters. The van der Waals surface area contributed by atoms with Crippen molar-refractivity contribution in [3.05, 3.63) is 53.1 Å². The lowest BCUT2D eigenvalue weighted by Crippen LogP contribution is -2.38. The van der Waals surface area contributed by atoms with Crippen LogP contribution in [-0.2, 0) is 13.0 Å². The number of nitrogens with one attached hydrogen (secondary N) is 2. The van der Waals surface area contributed by atoms with E-state index in [4.69, 9.17) is 9.73 Å². The fourth-order valence-corrected chi connectivity index (χ4v) is 3.39. The maximum absolute atomic E-state index is 9.69. The molecule has 0 saturated heterocycles. The summed E-state index contributed by atoms with van der Waals surface area (Å²) in [6, 6.07) is 11.9. The molecule has 0 aliphatic rings. The maximum atomic E-state index is 9.69. The number of benzene rings is 2. The average Bonchev–Trinajstić information content (AvgIpc) is 2.67. The molecule has 0 saturated carbocycles. The van der Waals surface area contributed by atoms with E-state index in [1.807, 2.05) is 12.1 Å². The second-order valence-corrected chi connectivity index (χ2v) is 7.04. The van der Waals surface area contributed by atoms with Crippen molar-refractivity contribution in [2.75, 3.05) is 26.5 Å². The summed E-state index contributed by atoms with van der Waals surface area (Å²) in [5, 5.41) is 16.3. The Hall–Kier alpha value is -2.34. The molecular weight excluding hydrogens is 358 g/mol. The number of aromatic hydroxyl groups is 1. The van der Waals surface area contributed by atoms with Gasteiger partial charge in [-0.25, -0.2) is 4.99 Å². The number of aryl methyl sites for hydroxylation is 1. The van der Waals surface area contributed by atoms with E-state index in [0.29, 0.717) is 12.3 Å². The summed E-state index contributed by atoms with van der Waals surface area (Å²) in [7, 11) is 1.56. The van der Waals surface area contributed by atoms with E-state index in [1.54, 1.807) is 24.9 Å². The van der Waals surface area contributed by atoms with Crippen molar-refractivity contribution in [2.24, 2.45) is 4.99 Å². The van der Waals surface area contributed by atoms with E-state index in [9.17, 15) is 5.11 Å². The van der Waals surface area contributed by atoms with Crippen LogP contribution in [0.2, 0.25) is 0 Å². The summed E-state index contributed by atoms with van der Waals surface area (Å²) in [6.45, 7) is 6.35. The molecule has 2 rings (SSSR count). The van der Waals surface area contributed by atoms with Crippen molar-refractivity contribution in [3.8, 4) is 11.5 Å². The number of rotatable bonds is 8. The normalized spacial score (nSPS) is 11.3. The number of guanidine groups is 1. The van der Waals surface area contributed by atoms with Crippen molar-refractivity contribution in [3.63, 3.8) is 0 Å². The minimum absolute atomic E-state index is 0.159. The van der Waals surface area contributed by atoms with E-state index in [-0.39, 0.29) is 5.75 Å². The standard InChI is InChI=1S/C21H29N3O2S/c1-5-22-21(24-14-17-8-6-15(2)12-20(17)27-4)23-11-10-16-7-9-18(25)19(13-16)26-3/h6-9,12-13,25H,5,10-11,14H2,1-4H3,(H2,22,23,24). The van der Waals surface area contributed by atoms with Crippen LogP contribution in [-0.4, -0.2) is 37.5 Å². The number of ether oxygens (including phenoxy) is 1. The van der Waals surface area contributed by atoms with Gasteiger partial charge >= 0.3 is 0 Å². The number of hydrogen-bond donors (Lipinski definition) is 3. The third kappa shape index (κ3) is 6.40. The second-order valence-electron chi connectivity index (χ2n) is 6.19. The molecule has 2 aromatic rings. The molecule has 6 heteroatoms. The smallest absolute Gasteiger partial charge is 0.191 e. The molecule has 0 atom stereocenters. The zero-order chi connectivity index (χ0) is 19.6. The second kappa shape index (κ2) is 10.7. The van der Waals surface area contributed by atoms with Crippen molar-refractivity contribution in [1.82, 2.24) is 10.6 Å². The minimum Gasteiger partial charge on any atom is -0.504 e. The van der Waals surface area contributed by atoms with Crippen molar-refractivity contribution < 1.29 is 9.84 Å². The van der Waals surface area contributed by atoms with Gasteiger partial charge in [-0.1, -0.05) is 18.2 Å². The molecule has 0 spiro atoms. The lowest BCUT2D eigenvalue weighted by Gasteiger charge is -2.13. The summed E-state index contributed by atoms with van der Waals surface area (Å²) >= 11 is 1.75. The molecule has 0 aromatic heterocycles. The molecule has 3 N–H and O–H groups in total. The molecular formula is C21H29N3O2S. The molecule has 146 valence electrons. The average molecular weight is 388 g/mol. The first-order valence-electron chi connectivity index (χ1n) is 9.09. The largest absolute Gasteiger partial charge is 0.504 e.